The molecule has 5 heteroatoms. The van der Waals surface area contributed by atoms with Crippen LogP contribution in [0.3, 0.4) is 0 Å². The SMILES string of the molecule is CCN(CCNCc1cc(C(=O)O)sc1C)C1CC1. The Labute approximate surface area is 118 Å². The summed E-state index contributed by atoms with van der Waals surface area (Å²) in [6.45, 7) is 8.11. The molecule has 0 bridgehead atoms. The van der Waals surface area contributed by atoms with Crippen molar-refractivity contribution in [1.29, 1.82) is 0 Å². The average molecular weight is 282 g/mol. The predicted octanol–water partition coefficient (Wildman–Crippen LogP) is 2.33. The molecule has 1 aliphatic rings. The predicted molar refractivity (Wildman–Crippen MR) is 78.0 cm³/mol. The summed E-state index contributed by atoms with van der Waals surface area (Å²) in [6.07, 6.45) is 2.69. The number of nitrogens with one attached hydrogen (secondary N) is 1. The Morgan fingerprint density at radius 2 is 2.32 bits per heavy atom. The third-order valence-electron chi connectivity index (χ3n) is 3.59. The van der Waals surface area contributed by atoms with Crippen LogP contribution in [-0.4, -0.2) is 41.7 Å². The summed E-state index contributed by atoms with van der Waals surface area (Å²) in [5, 5.41) is 12.4. The Morgan fingerprint density at radius 3 is 2.84 bits per heavy atom. The zero-order chi connectivity index (χ0) is 13.8. The molecule has 0 radical (unpaired) electrons. The van der Waals surface area contributed by atoms with Gasteiger partial charge in [-0.2, -0.15) is 0 Å². The summed E-state index contributed by atoms with van der Waals surface area (Å²) in [5.41, 5.74) is 1.11. The van der Waals surface area contributed by atoms with Crippen LogP contribution in [0.1, 0.15) is 39.9 Å². The van der Waals surface area contributed by atoms with Gasteiger partial charge in [0.1, 0.15) is 4.88 Å². The van der Waals surface area contributed by atoms with E-state index in [4.69, 9.17) is 5.11 Å². The number of carboxylic acid groups (broad SMARTS) is 1. The van der Waals surface area contributed by atoms with Gasteiger partial charge >= 0.3 is 5.97 Å². The van der Waals surface area contributed by atoms with Gasteiger partial charge in [0.15, 0.2) is 0 Å². The quantitative estimate of drug-likeness (QED) is 0.719. The lowest BCUT2D eigenvalue weighted by Gasteiger charge is -2.19. The first-order valence-electron chi connectivity index (χ1n) is 6.89. The highest BCUT2D eigenvalue weighted by Crippen LogP contribution is 2.26. The van der Waals surface area contributed by atoms with Gasteiger partial charge in [0.25, 0.3) is 0 Å². The monoisotopic (exact) mass is 282 g/mol. The van der Waals surface area contributed by atoms with Crippen molar-refractivity contribution >= 4 is 17.3 Å². The molecule has 4 nitrogen and oxygen atoms in total. The highest BCUT2D eigenvalue weighted by atomic mass is 32.1. The first-order valence-corrected chi connectivity index (χ1v) is 7.70. The smallest absolute Gasteiger partial charge is 0.345 e. The maximum atomic E-state index is 10.9. The molecule has 1 aromatic heterocycles. The molecule has 1 aliphatic carbocycles. The van der Waals surface area contributed by atoms with E-state index in [-0.39, 0.29) is 0 Å². The van der Waals surface area contributed by atoms with Crippen LogP contribution in [0.15, 0.2) is 6.07 Å². The number of hydrogen-bond acceptors (Lipinski definition) is 4. The van der Waals surface area contributed by atoms with Gasteiger partial charge in [-0.05, 0) is 37.9 Å². The van der Waals surface area contributed by atoms with Gasteiger partial charge in [-0.15, -0.1) is 11.3 Å². The zero-order valence-electron chi connectivity index (χ0n) is 11.6. The van der Waals surface area contributed by atoms with E-state index >= 15 is 0 Å². The Kier molecular flexibility index (Phi) is 4.96. The number of likely N-dealkylation sites (N-methyl/N-ethyl adjacent to an activating group) is 1. The Bertz CT molecular complexity index is 441. The molecule has 2 rings (SSSR count). The molecule has 0 unspecified atom stereocenters. The maximum absolute atomic E-state index is 10.9. The molecule has 0 aliphatic heterocycles. The number of rotatable bonds is 8. The highest BCUT2D eigenvalue weighted by molar-refractivity contribution is 7.14. The van der Waals surface area contributed by atoms with Gasteiger partial charge in [0.2, 0.25) is 0 Å². The molecule has 19 heavy (non-hydrogen) atoms. The Balaban J connectivity index is 1.74. The van der Waals surface area contributed by atoms with Crippen LogP contribution >= 0.6 is 11.3 Å². The summed E-state index contributed by atoms with van der Waals surface area (Å²) < 4.78 is 0. The minimum absolute atomic E-state index is 0.433. The first-order chi connectivity index (χ1) is 9.11. The van der Waals surface area contributed by atoms with Gasteiger partial charge in [0.05, 0.1) is 0 Å². The number of carboxylic acids is 1. The van der Waals surface area contributed by atoms with E-state index in [0.29, 0.717) is 4.88 Å². The van der Waals surface area contributed by atoms with Gasteiger partial charge in [-0.3, -0.25) is 4.90 Å². The zero-order valence-corrected chi connectivity index (χ0v) is 12.4. The number of nitrogens with zero attached hydrogens (tertiary/aromatic N) is 1. The third-order valence-corrected chi connectivity index (χ3v) is 4.67. The minimum atomic E-state index is -0.828. The van der Waals surface area contributed by atoms with E-state index in [0.717, 1.165) is 42.7 Å². The van der Waals surface area contributed by atoms with Gasteiger partial charge in [0, 0.05) is 30.6 Å². The number of aryl methyl sites for hydroxylation is 1. The average Bonchev–Trinajstić information content (AvgIpc) is 3.14. The molecule has 0 aromatic carbocycles. The molecule has 106 valence electrons. The molecule has 1 heterocycles. The number of hydrogen-bond donors (Lipinski definition) is 2. The van der Waals surface area contributed by atoms with Crippen LogP contribution in [0.4, 0.5) is 0 Å². The molecular weight excluding hydrogens is 260 g/mol. The van der Waals surface area contributed by atoms with Crippen molar-refractivity contribution in [2.24, 2.45) is 0 Å². The van der Waals surface area contributed by atoms with Crippen LogP contribution in [0.25, 0.3) is 0 Å². The molecule has 0 saturated heterocycles. The van der Waals surface area contributed by atoms with E-state index in [1.165, 1.54) is 24.2 Å². The first kappa shape index (κ1) is 14.5. The van der Waals surface area contributed by atoms with Crippen LogP contribution in [0.5, 0.6) is 0 Å². The van der Waals surface area contributed by atoms with Crippen molar-refractivity contribution in [3.05, 3.63) is 21.4 Å². The Hall–Kier alpha value is -0.910. The number of carbonyl (C=O) groups is 1. The van der Waals surface area contributed by atoms with Crippen LogP contribution < -0.4 is 5.32 Å². The summed E-state index contributed by atoms with van der Waals surface area (Å²) in [6, 6.07) is 2.60. The van der Waals surface area contributed by atoms with E-state index in [2.05, 4.69) is 17.1 Å². The van der Waals surface area contributed by atoms with Crippen LogP contribution in [0, 0.1) is 6.92 Å². The van der Waals surface area contributed by atoms with Crippen molar-refractivity contribution in [3.63, 3.8) is 0 Å². The van der Waals surface area contributed by atoms with Crippen molar-refractivity contribution in [2.45, 2.75) is 39.3 Å². The van der Waals surface area contributed by atoms with Gasteiger partial charge in [-0.25, -0.2) is 4.79 Å². The maximum Gasteiger partial charge on any atom is 0.345 e. The molecule has 0 amide bonds. The number of aromatic carboxylic acids is 1. The van der Waals surface area contributed by atoms with Gasteiger partial charge < -0.3 is 10.4 Å². The second-order valence-electron chi connectivity index (χ2n) is 5.03. The van der Waals surface area contributed by atoms with Crippen LogP contribution in [-0.2, 0) is 6.54 Å². The van der Waals surface area contributed by atoms with Crippen LogP contribution in [0.2, 0.25) is 0 Å². The topological polar surface area (TPSA) is 52.6 Å². The summed E-state index contributed by atoms with van der Waals surface area (Å²) >= 11 is 1.36. The van der Waals surface area contributed by atoms with Gasteiger partial charge in [-0.1, -0.05) is 6.92 Å². The standard InChI is InChI=1S/C14H22N2O2S/c1-3-16(12-4-5-12)7-6-15-9-11-8-13(14(17)18)19-10(11)2/h8,12,15H,3-7,9H2,1-2H3,(H,17,18). The Morgan fingerprint density at radius 1 is 1.58 bits per heavy atom. The lowest BCUT2D eigenvalue weighted by molar-refractivity contribution is 0.0702. The van der Waals surface area contributed by atoms with Crippen molar-refractivity contribution in [2.75, 3.05) is 19.6 Å². The van der Waals surface area contributed by atoms with Crippen molar-refractivity contribution in [3.8, 4) is 0 Å². The largest absolute Gasteiger partial charge is 0.477 e. The normalized spacial score (nSPS) is 15.1. The molecule has 1 saturated carbocycles. The van der Waals surface area contributed by atoms with E-state index < -0.39 is 5.97 Å². The molecule has 0 spiro atoms. The molecule has 1 fully saturated rings. The van der Waals surface area contributed by atoms with Crippen molar-refractivity contribution in [1.82, 2.24) is 10.2 Å². The number of thiophene rings is 1. The molecular formula is C14H22N2O2S. The molecule has 2 N–H and O–H groups in total. The second kappa shape index (κ2) is 6.50. The lowest BCUT2D eigenvalue weighted by atomic mass is 10.2. The minimum Gasteiger partial charge on any atom is -0.477 e. The second-order valence-corrected chi connectivity index (χ2v) is 6.29. The van der Waals surface area contributed by atoms with E-state index in [1.54, 1.807) is 6.07 Å². The fourth-order valence-corrected chi connectivity index (χ4v) is 3.17. The van der Waals surface area contributed by atoms with Crippen molar-refractivity contribution < 1.29 is 9.90 Å². The summed E-state index contributed by atoms with van der Waals surface area (Å²) in [5.74, 6) is -0.828. The van der Waals surface area contributed by atoms with E-state index in [1.807, 2.05) is 6.92 Å². The molecule has 0 atom stereocenters. The fourth-order valence-electron chi connectivity index (χ4n) is 2.29. The fraction of sp³-hybridized carbons (Fsp3) is 0.643. The molecule has 1 aromatic rings. The summed E-state index contributed by atoms with van der Waals surface area (Å²) in [4.78, 5) is 14.9. The highest BCUT2D eigenvalue weighted by Gasteiger charge is 2.26. The third kappa shape index (κ3) is 4.03. The van der Waals surface area contributed by atoms with E-state index in [9.17, 15) is 4.79 Å². The lowest BCUT2D eigenvalue weighted by Crippen LogP contribution is -2.33. The summed E-state index contributed by atoms with van der Waals surface area (Å²) in [7, 11) is 0.